The zero-order valence-electron chi connectivity index (χ0n) is 7.06. The smallest absolute Gasteiger partial charge is 0.161 e. The summed E-state index contributed by atoms with van der Waals surface area (Å²) in [5.74, 6) is 0. The quantitative estimate of drug-likeness (QED) is 0.766. The van der Waals surface area contributed by atoms with E-state index in [9.17, 15) is 0 Å². The number of hydrogen-bond acceptors (Lipinski definition) is 3. The molecule has 4 nitrogen and oxygen atoms in total. The third kappa shape index (κ3) is 2.30. The molecule has 0 aliphatic heterocycles. The molecule has 0 N–H and O–H groups in total. The molecule has 14 heavy (non-hydrogen) atoms. The van der Waals surface area contributed by atoms with Gasteiger partial charge in [0.25, 0.3) is 0 Å². The van der Waals surface area contributed by atoms with Gasteiger partial charge in [0, 0.05) is 12.4 Å². The largest absolute Gasteiger partial charge is 0.264 e. The summed E-state index contributed by atoms with van der Waals surface area (Å²) in [5, 5.41) is 8.42. The molecule has 0 radical (unpaired) electrons. The van der Waals surface area contributed by atoms with E-state index in [1.807, 2.05) is 18.3 Å². The maximum Gasteiger partial charge on any atom is 0.161 e. The minimum Gasteiger partial charge on any atom is -0.264 e. The summed E-state index contributed by atoms with van der Waals surface area (Å²) in [6.07, 6.45) is 3.56. The zero-order valence-corrected chi connectivity index (χ0v) is 10.8. The van der Waals surface area contributed by atoms with Gasteiger partial charge in [-0.25, -0.2) is 0 Å². The highest BCUT2D eigenvalue weighted by atomic mass is 127. The van der Waals surface area contributed by atoms with E-state index in [-0.39, 0.29) is 0 Å². The number of aromatic nitrogens is 4. The SMILES string of the molecule is Brc1nn(Cc2cccnc2)nc1I. The minimum absolute atomic E-state index is 0.648. The molecule has 0 amide bonds. The summed E-state index contributed by atoms with van der Waals surface area (Å²) in [7, 11) is 0. The predicted octanol–water partition coefficient (Wildman–Crippen LogP) is 2.09. The van der Waals surface area contributed by atoms with E-state index >= 15 is 0 Å². The Hall–Kier alpha value is -0.500. The van der Waals surface area contributed by atoms with Gasteiger partial charge in [-0.15, -0.1) is 10.2 Å². The van der Waals surface area contributed by atoms with E-state index in [1.54, 1.807) is 11.0 Å². The first-order valence-electron chi connectivity index (χ1n) is 3.91. The van der Waals surface area contributed by atoms with E-state index in [4.69, 9.17) is 0 Å². The molecule has 0 saturated heterocycles. The Morgan fingerprint density at radius 1 is 1.43 bits per heavy atom. The predicted molar refractivity (Wildman–Crippen MR) is 63.8 cm³/mol. The first-order chi connectivity index (χ1) is 6.75. The summed E-state index contributed by atoms with van der Waals surface area (Å²) in [4.78, 5) is 5.67. The van der Waals surface area contributed by atoms with Gasteiger partial charge in [-0.1, -0.05) is 6.07 Å². The molecule has 2 aromatic rings. The fraction of sp³-hybridized carbons (Fsp3) is 0.125. The Bertz CT molecular complexity index is 409. The summed E-state index contributed by atoms with van der Waals surface area (Å²) < 4.78 is 1.65. The molecule has 6 heteroatoms. The topological polar surface area (TPSA) is 43.6 Å². The maximum absolute atomic E-state index is 4.22. The molecule has 0 aliphatic rings. The number of halogens is 2. The van der Waals surface area contributed by atoms with Crippen LogP contribution in [-0.2, 0) is 6.54 Å². The van der Waals surface area contributed by atoms with Crippen molar-refractivity contribution in [3.63, 3.8) is 0 Å². The van der Waals surface area contributed by atoms with E-state index in [1.165, 1.54) is 0 Å². The standard InChI is InChI=1S/C8H6BrIN4/c9-7-8(10)13-14(12-7)5-6-2-1-3-11-4-6/h1-4H,5H2. The highest BCUT2D eigenvalue weighted by molar-refractivity contribution is 14.1. The molecule has 0 aromatic carbocycles. The Morgan fingerprint density at radius 3 is 2.86 bits per heavy atom. The fourth-order valence-corrected chi connectivity index (χ4v) is 1.65. The van der Waals surface area contributed by atoms with Crippen molar-refractivity contribution in [1.82, 2.24) is 20.0 Å². The van der Waals surface area contributed by atoms with Crippen molar-refractivity contribution < 1.29 is 0 Å². The number of pyridine rings is 1. The normalized spacial score (nSPS) is 10.4. The molecule has 0 spiro atoms. The van der Waals surface area contributed by atoms with Crippen LogP contribution in [0, 0.1) is 3.70 Å². The Kier molecular flexibility index (Phi) is 3.12. The molecule has 0 unspecified atom stereocenters. The van der Waals surface area contributed by atoms with Crippen molar-refractivity contribution in [2.45, 2.75) is 6.54 Å². The van der Waals surface area contributed by atoms with Gasteiger partial charge in [0.1, 0.15) is 0 Å². The van der Waals surface area contributed by atoms with Crippen LogP contribution in [0.15, 0.2) is 29.1 Å². The second-order valence-corrected chi connectivity index (χ2v) is 4.45. The average molecular weight is 365 g/mol. The average Bonchev–Trinajstić information content (AvgIpc) is 2.47. The minimum atomic E-state index is 0.648. The van der Waals surface area contributed by atoms with Gasteiger partial charge >= 0.3 is 0 Å². The number of nitrogens with zero attached hydrogens (tertiary/aromatic N) is 4. The fourth-order valence-electron chi connectivity index (χ4n) is 1.03. The van der Waals surface area contributed by atoms with Crippen LogP contribution in [0.1, 0.15) is 5.56 Å². The van der Waals surface area contributed by atoms with Crippen LogP contribution in [-0.4, -0.2) is 20.0 Å². The summed E-state index contributed by atoms with van der Waals surface area (Å²) in [6, 6.07) is 3.90. The molecule has 0 fully saturated rings. The molecule has 0 saturated carbocycles. The van der Waals surface area contributed by atoms with E-state index in [2.05, 4.69) is 53.7 Å². The van der Waals surface area contributed by atoms with E-state index in [0.717, 1.165) is 13.9 Å². The number of hydrogen-bond donors (Lipinski definition) is 0. The van der Waals surface area contributed by atoms with Gasteiger partial charge in [-0.05, 0) is 50.2 Å². The lowest BCUT2D eigenvalue weighted by Crippen LogP contribution is -2.03. The van der Waals surface area contributed by atoms with Gasteiger partial charge in [0.2, 0.25) is 0 Å². The first kappa shape index (κ1) is 10.0. The van der Waals surface area contributed by atoms with Crippen LogP contribution in [0.3, 0.4) is 0 Å². The van der Waals surface area contributed by atoms with Crippen molar-refractivity contribution >= 4 is 38.5 Å². The first-order valence-corrected chi connectivity index (χ1v) is 5.78. The second kappa shape index (κ2) is 4.35. The van der Waals surface area contributed by atoms with E-state index < -0.39 is 0 Å². The molecule has 2 aromatic heterocycles. The molecule has 0 bridgehead atoms. The van der Waals surface area contributed by atoms with Gasteiger partial charge in [0.05, 0.1) is 6.54 Å². The van der Waals surface area contributed by atoms with Crippen LogP contribution in [0.5, 0.6) is 0 Å². The Balaban J connectivity index is 2.19. The lowest BCUT2D eigenvalue weighted by atomic mass is 10.3. The third-order valence-corrected chi connectivity index (χ3v) is 3.63. The summed E-state index contributed by atoms with van der Waals surface area (Å²) in [6.45, 7) is 0.648. The van der Waals surface area contributed by atoms with Crippen molar-refractivity contribution in [3.05, 3.63) is 38.4 Å². The van der Waals surface area contributed by atoms with Crippen LogP contribution in [0.25, 0.3) is 0 Å². The van der Waals surface area contributed by atoms with Crippen molar-refractivity contribution in [3.8, 4) is 0 Å². The van der Waals surface area contributed by atoms with Gasteiger partial charge in [-0.2, -0.15) is 4.80 Å². The van der Waals surface area contributed by atoms with Crippen molar-refractivity contribution in [2.24, 2.45) is 0 Å². The molecular formula is C8H6BrIN4. The second-order valence-electron chi connectivity index (χ2n) is 2.67. The Labute approximate surface area is 103 Å². The van der Waals surface area contributed by atoms with Crippen molar-refractivity contribution in [1.29, 1.82) is 0 Å². The van der Waals surface area contributed by atoms with Crippen LogP contribution in [0.4, 0.5) is 0 Å². The molecular weight excluding hydrogens is 359 g/mol. The van der Waals surface area contributed by atoms with Crippen LogP contribution >= 0.6 is 38.5 Å². The maximum atomic E-state index is 4.22. The lowest BCUT2D eigenvalue weighted by Gasteiger charge is -1.97. The highest BCUT2D eigenvalue weighted by Gasteiger charge is 2.04. The van der Waals surface area contributed by atoms with Crippen LogP contribution in [0.2, 0.25) is 0 Å². The monoisotopic (exact) mass is 364 g/mol. The highest BCUT2D eigenvalue weighted by Crippen LogP contribution is 2.13. The van der Waals surface area contributed by atoms with Gasteiger partial charge in [0.15, 0.2) is 8.30 Å². The van der Waals surface area contributed by atoms with Gasteiger partial charge in [-0.3, -0.25) is 4.98 Å². The summed E-state index contributed by atoms with van der Waals surface area (Å²) >= 11 is 5.44. The molecule has 2 heterocycles. The molecule has 0 aliphatic carbocycles. The molecule has 2 rings (SSSR count). The molecule has 0 atom stereocenters. The molecule has 72 valence electrons. The van der Waals surface area contributed by atoms with Gasteiger partial charge < -0.3 is 0 Å². The van der Waals surface area contributed by atoms with E-state index in [0.29, 0.717) is 6.54 Å². The Morgan fingerprint density at radius 2 is 2.29 bits per heavy atom. The number of rotatable bonds is 2. The van der Waals surface area contributed by atoms with Crippen molar-refractivity contribution in [2.75, 3.05) is 0 Å². The third-order valence-electron chi connectivity index (χ3n) is 1.62. The van der Waals surface area contributed by atoms with Crippen LogP contribution < -0.4 is 0 Å². The zero-order chi connectivity index (χ0) is 9.97. The summed E-state index contributed by atoms with van der Waals surface area (Å²) in [5.41, 5.74) is 1.09. The lowest BCUT2D eigenvalue weighted by molar-refractivity contribution is 0.585.